The Bertz CT molecular complexity index is 727. The summed E-state index contributed by atoms with van der Waals surface area (Å²) in [4.78, 5) is 0. The van der Waals surface area contributed by atoms with Crippen molar-refractivity contribution in [3.63, 3.8) is 0 Å². The maximum atomic E-state index is 5.87. The standard InChI is InChI=1S/C13H9Cl2N5O/c14-9-1-3-10(4-2-9)20-11(7-16-19-20)8-21-13-6-5-12(15)17-18-13/h1-7H,8H2. The molecule has 0 unspecified atom stereocenters. The molecule has 2 heterocycles. The van der Waals surface area contributed by atoms with Crippen molar-refractivity contribution in [2.45, 2.75) is 6.61 Å². The first kappa shape index (κ1) is 13.8. The van der Waals surface area contributed by atoms with Crippen LogP contribution >= 0.6 is 23.2 Å². The van der Waals surface area contributed by atoms with Gasteiger partial charge in [0.2, 0.25) is 5.88 Å². The molecule has 0 atom stereocenters. The number of nitrogens with zero attached hydrogens (tertiary/aromatic N) is 5. The monoisotopic (exact) mass is 321 g/mol. The molecule has 6 nitrogen and oxygen atoms in total. The van der Waals surface area contributed by atoms with Gasteiger partial charge >= 0.3 is 0 Å². The van der Waals surface area contributed by atoms with E-state index >= 15 is 0 Å². The molecule has 3 aromatic rings. The van der Waals surface area contributed by atoms with E-state index in [1.165, 1.54) is 0 Å². The zero-order valence-corrected chi connectivity index (χ0v) is 12.2. The molecular weight excluding hydrogens is 313 g/mol. The highest BCUT2D eigenvalue weighted by atomic mass is 35.5. The van der Waals surface area contributed by atoms with Crippen LogP contribution < -0.4 is 4.74 Å². The second kappa shape index (κ2) is 6.07. The number of halogens is 2. The Balaban J connectivity index is 1.76. The summed E-state index contributed by atoms with van der Waals surface area (Å²) >= 11 is 11.5. The van der Waals surface area contributed by atoms with Crippen molar-refractivity contribution in [2.24, 2.45) is 0 Å². The Kier molecular flexibility index (Phi) is 3.98. The SMILES string of the molecule is Clc1ccc(-n2nncc2COc2ccc(Cl)nn2)cc1. The summed E-state index contributed by atoms with van der Waals surface area (Å²) in [5, 5.41) is 16.4. The average molecular weight is 322 g/mol. The molecular formula is C13H9Cl2N5O. The molecule has 0 aliphatic heterocycles. The van der Waals surface area contributed by atoms with E-state index < -0.39 is 0 Å². The lowest BCUT2D eigenvalue weighted by Crippen LogP contribution is -2.06. The van der Waals surface area contributed by atoms with Crippen LogP contribution in [0.15, 0.2) is 42.6 Å². The summed E-state index contributed by atoms with van der Waals surface area (Å²) in [5.74, 6) is 0.378. The highest BCUT2D eigenvalue weighted by Crippen LogP contribution is 2.15. The molecule has 0 radical (unpaired) electrons. The highest BCUT2D eigenvalue weighted by molar-refractivity contribution is 6.30. The molecule has 8 heteroatoms. The van der Waals surface area contributed by atoms with Crippen molar-refractivity contribution in [3.8, 4) is 11.6 Å². The molecule has 0 fully saturated rings. The van der Waals surface area contributed by atoms with E-state index in [-0.39, 0.29) is 6.61 Å². The lowest BCUT2D eigenvalue weighted by molar-refractivity contribution is 0.282. The first-order valence-electron chi connectivity index (χ1n) is 6.00. The number of hydrogen-bond donors (Lipinski definition) is 0. The number of ether oxygens (including phenoxy) is 1. The Hall–Kier alpha value is -2.18. The number of rotatable bonds is 4. The largest absolute Gasteiger partial charge is 0.470 e. The minimum Gasteiger partial charge on any atom is -0.470 e. The van der Waals surface area contributed by atoms with Crippen LogP contribution in [0.5, 0.6) is 5.88 Å². The predicted octanol–water partition coefficient (Wildman–Crippen LogP) is 2.94. The first-order chi connectivity index (χ1) is 10.2. The van der Waals surface area contributed by atoms with E-state index in [1.54, 1.807) is 35.1 Å². The third kappa shape index (κ3) is 3.29. The topological polar surface area (TPSA) is 65.7 Å². The smallest absolute Gasteiger partial charge is 0.233 e. The van der Waals surface area contributed by atoms with Gasteiger partial charge in [-0.1, -0.05) is 28.4 Å². The molecule has 3 rings (SSSR count). The van der Waals surface area contributed by atoms with Crippen LogP contribution in [0.1, 0.15) is 5.69 Å². The summed E-state index contributed by atoms with van der Waals surface area (Å²) < 4.78 is 7.20. The van der Waals surface area contributed by atoms with Crippen LogP contribution in [0.4, 0.5) is 0 Å². The minimum absolute atomic E-state index is 0.256. The molecule has 0 N–H and O–H groups in total. The van der Waals surface area contributed by atoms with E-state index in [4.69, 9.17) is 27.9 Å². The van der Waals surface area contributed by atoms with Crippen molar-refractivity contribution in [1.29, 1.82) is 0 Å². The second-order valence-corrected chi connectivity index (χ2v) is 4.92. The van der Waals surface area contributed by atoms with Gasteiger partial charge in [-0.2, -0.15) is 0 Å². The zero-order chi connectivity index (χ0) is 14.7. The van der Waals surface area contributed by atoms with Gasteiger partial charge in [-0.15, -0.1) is 15.3 Å². The van der Waals surface area contributed by atoms with Crippen molar-refractivity contribution in [3.05, 3.63) is 58.5 Å². The molecule has 0 amide bonds. The number of hydrogen-bond acceptors (Lipinski definition) is 5. The van der Waals surface area contributed by atoms with Crippen LogP contribution in [0.25, 0.3) is 5.69 Å². The first-order valence-corrected chi connectivity index (χ1v) is 6.75. The summed E-state index contributed by atoms with van der Waals surface area (Å²) in [6.45, 7) is 0.256. The molecule has 0 aliphatic rings. The van der Waals surface area contributed by atoms with Gasteiger partial charge in [-0.3, -0.25) is 0 Å². The summed E-state index contributed by atoms with van der Waals surface area (Å²) in [7, 11) is 0. The van der Waals surface area contributed by atoms with Gasteiger partial charge in [0.05, 0.1) is 11.9 Å². The third-order valence-electron chi connectivity index (χ3n) is 2.67. The van der Waals surface area contributed by atoms with E-state index in [0.717, 1.165) is 11.4 Å². The average Bonchev–Trinajstić information content (AvgIpc) is 2.96. The van der Waals surface area contributed by atoms with Crippen molar-refractivity contribution < 1.29 is 4.74 Å². The molecule has 2 aromatic heterocycles. The van der Waals surface area contributed by atoms with Crippen LogP contribution in [-0.4, -0.2) is 25.2 Å². The summed E-state index contributed by atoms with van der Waals surface area (Å²) in [6.07, 6.45) is 1.62. The molecule has 0 aliphatic carbocycles. The number of benzene rings is 1. The third-order valence-corrected chi connectivity index (χ3v) is 3.12. The summed E-state index contributed by atoms with van der Waals surface area (Å²) in [6, 6.07) is 10.5. The van der Waals surface area contributed by atoms with Crippen LogP contribution in [-0.2, 0) is 6.61 Å². The van der Waals surface area contributed by atoms with E-state index in [2.05, 4.69) is 20.5 Å². The quantitative estimate of drug-likeness (QED) is 0.739. The predicted molar refractivity (Wildman–Crippen MR) is 77.7 cm³/mol. The van der Waals surface area contributed by atoms with E-state index in [9.17, 15) is 0 Å². The lowest BCUT2D eigenvalue weighted by atomic mass is 10.3. The minimum atomic E-state index is 0.256. The van der Waals surface area contributed by atoms with Gasteiger partial charge in [0.1, 0.15) is 12.3 Å². The Labute approximate surface area is 130 Å². The van der Waals surface area contributed by atoms with Gasteiger partial charge in [0.25, 0.3) is 0 Å². The number of aromatic nitrogens is 5. The molecule has 106 valence electrons. The normalized spacial score (nSPS) is 10.6. The second-order valence-electron chi connectivity index (χ2n) is 4.10. The molecule has 21 heavy (non-hydrogen) atoms. The van der Waals surface area contributed by atoms with Gasteiger partial charge in [0, 0.05) is 11.1 Å². The fourth-order valence-corrected chi connectivity index (χ4v) is 1.91. The van der Waals surface area contributed by atoms with Crippen molar-refractivity contribution in [1.82, 2.24) is 25.2 Å². The van der Waals surface area contributed by atoms with Gasteiger partial charge in [-0.25, -0.2) is 4.68 Å². The molecule has 0 saturated heterocycles. The molecule has 0 spiro atoms. The van der Waals surface area contributed by atoms with E-state index in [0.29, 0.717) is 16.1 Å². The fourth-order valence-electron chi connectivity index (χ4n) is 1.68. The fraction of sp³-hybridized carbons (Fsp3) is 0.0769. The molecule has 1 aromatic carbocycles. The zero-order valence-electron chi connectivity index (χ0n) is 10.6. The van der Waals surface area contributed by atoms with Crippen LogP contribution in [0.2, 0.25) is 10.2 Å². The molecule has 0 saturated carbocycles. The van der Waals surface area contributed by atoms with Crippen molar-refractivity contribution in [2.75, 3.05) is 0 Å². The van der Waals surface area contributed by atoms with Crippen molar-refractivity contribution >= 4 is 23.2 Å². The van der Waals surface area contributed by atoms with Gasteiger partial charge in [0.15, 0.2) is 5.15 Å². The Morgan fingerprint density at radius 1 is 1.00 bits per heavy atom. The Morgan fingerprint density at radius 3 is 2.52 bits per heavy atom. The van der Waals surface area contributed by atoms with Crippen LogP contribution in [0, 0.1) is 0 Å². The lowest BCUT2D eigenvalue weighted by Gasteiger charge is -2.07. The van der Waals surface area contributed by atoms with Gasteiger partial charge in [-0.05, 0) is 30.3 Å². The summed E-state index contributed by atoms with van der Waals surface area (Å²) in [5.41, 5.74) is 1.62. The maximum Gasteiger partial charge on any atom is 0.233 e. The molecule has 0 bridgehead atoms. The van der Waals surface area contributed by atoms with Crippen LogP contribution in [0.3, 0.4) is 0 Å². The van der Waals surface area contributed by atoms with E-state index in [1.807, 2.05) is 12.1 Å². The Morgan fingerprint density at radius 2 is 1.81 bits per heavy atom. The maximum absolute atomic E-state index is 5.87. The highest BCUT2D eigenvalue weighted by Gasteiger charge is 2.08. The van der Waals surface area contributed by atoms with Gasteiger partial charge < -0.3 is 4.74 Å².